The Bertz CT molecular complexity index is 746. The highest BCUT2D eigenvalue weighted by atomic mass is 16.1. The summed E-state index contributed by atoms with van der Waals surface area (Å²) in [6.07, 6.45) is 2.73. The zero-order chi connectivity index (χ0) is 17.1. The summed E-state index contributed by atoms with van der Waals surface area (Å²) in [6, 6.07) is 16.2. The van der Waals surface area contributed by atoms with Crippen LogP contribution in [-0.2, 0) is 17.6 Å². The number of carbonyl (C=O) groups excluding carboxylic acids is 2. The van der Waals surface area contributed by atoms with Gasteiger partial charge in [0.25, 0.3) is 0 Å². The van der Waals surface area contributed by atoms with E-state index in [1.54, 1.807) is 0 Å². The minimum atomic E-state index is -0.0107. The van der Waals surface area contributed by atoms with Gasteiger partial charge in [-0.2, -0.15) is 0 Å². The van der Waals surface area contributed by atoms with Crippen molar-refractivity contribution in [2.45, 2.75) is 45.4 Å². The number of Topliss-reactive ketones (excluding diaryl/α,β-unsaturated/α-hetero) is 2. The predicted molar refractivity (Wildman–Crippen MR) is 96.4 cm³/mol. The molecule has 0 bridgehead atoms. The summed E-state index contributed by atoms with van der Waals surface area (Å²) >= 11 is 0. The highest BCUT2D eigenvalue weighted by molar-refractivity contribution is 5.98. The van der Waals surface area contributed by atoms with E-state index in [0.717, 1.165) is 24.0 Å². The van der Waals surface area contributed by atoms with Crippen LogP contribution in [0.5, 0.6) is 0 Å². The molecule has 24 heavy (non-hydrogen) atoms. The Morgan fingerprint density at radius 3 is 2.50 bits per heavy atom. The third-order valence-corrected chi connectivity index (χ3v) is 5.07. The maximum atomic E-state index is 12.8. The first-order chi connectivity index (χ1) is 11.5. The van der Waals surface area contributed by atoms with Crippen molar-refractivity contribution in [3.63, 3.8) is 0 Å². The Labute approximate surface area is 143 Å². The van der Waals surface area contributed by atoms with Gasteiger partial charge in [-0.3, -0.25) is 9.59 Å². The van der Waals surface area contributed by atoms with E-state index in [4.69, 9.17) is 0 Å². The lowest BCUT2D eigenvalue weighted by molar-refractivity contribution is -0.118. The van der Waals surface area contributed by atoms with E-state index in [9.17, 15) is 9.59 Å². The van der Waals surface area contributed by atoms with E-state index in [1.165, 1.54) is 11.1 Å². The Balaban J connectivity index is 1.71. The third-order valence-electron chi connectivity index (χ3n) is 5.07. The molecule has 2 atom stereocenters. The van der Waals surface area contributed by atoms with Gasteiger partial charge in [0.15, 0.2) is 5.78 Å². The Morgan fingerprint density at radius 2 is 1.75 bits per heavy atom. The number of ketones is 2. The van der Waals surface area contributed by atoms with Gasteiger partial charge in [0, 0.05) is 24.3 Å². The van der Waals surface area contributed by atoms with Crippen LogP contribution in [0.4, 0.5) is 0 Å². The number of fused-ring (bicyclic) bond motifs is 1. The first-order valence-electron chi connectivity index (χ1n) is 8.77. The van der Waals surface area contributed by atoms with E-state index >= 15 is 0 Å². The second-order valence-electron chi connectivity index (χ2n) is 7.01. The van der Waals surface area contributed by atoms with Crippen molar-refractivity contribution in [2.75, 3.05) is 0 Å². The van der Waals surface area contributed by atoms with Gasteiger partial charge < -0.3 is 0 Å². The molecule has 1 unspecified atom stereocenters. The number of aryl methyl sites for hydroxylation is 1. The van der Waals surface area contributed by atoms with Crippen LogP contribution in [0.3, 0.4) is 0 Å². The first kappa shape index (κ1) is 16.6. The molecule has 3 rings (SSSR count). The number of hydrogen-bond donors (Lipinski definition) is 0. The van der Waals surface area contributed by atoms with Gasteiger partial charge in [0.2, 0.25) is 0 Å². The van der Waals surface area contributed by atoms with Gasteiger partial charge in [0.05, 0.1) is 0 Å². The van der Waals surface area contributed by atoms with Crippen LogP contribution >= 0.6 is 0 Å². The molecule has 124 valence electrons. The SMILES string of the molecule is CC(C[C@@H](C)c1ccccc1)C(=O)c1ccc2c(c1)CCC(=O)C2. The summed E-state index contributed by atoms with van der Waals surface area (Å²) in [5.41, 5.74) is 4.33. The maximum Gasteiger partial charge on any atom is 0.165 e. The van der Waals surface area contributed by atoms with Gasteiger partial charge in [-0.05, 0) is 41.5 Å². The maximum absolute atomic E-state index is 12.8. The smallest absolute Gasteiger partial charge is 0.165 e. The summed E-state index contributed by atoms with van der Waals surface area (Å²) in [5.74, 6) is 0.855. The molecular weight excluding hydrogens is 296 g/mol. The van der Waals surface area contributed by atoms with Crippen LogP contribution in [0.2, 0.25) is 0 Å². The van der Waals surface area contributed by atoms with E-state index in [0.29, 0.717) is 24.5 Å². The molecule has 0 aliphatic heterocycles. The summed E-state index contributed by atoms with van der Waals surface area (Å²) in [6.45, 7) is 4.20. The molecule has 1 aliphatic rings. The quantitative estimate of drug-likeness (QED) is 0.745. The topological polar surface area (TPSA) is 34.1 Å². The van der Waals surface area contributed by atoms with Gasteiger partial charge in [0.1, 0.15) is 5.78 Å². The zero-order valence-electron chi connectivity index (χ0n) is 14.4. The molecule has 0 spiro atoms. The monoisotopic (exact) mass is 320 g/mol. The molecule has 2 aromatic rings. The standard InChI is InChI=1S/C22H24O2/c1-15(17-6-4-3-5-7-17)12-16(2)22(24)20-9-8-19-14-21(23)11-10-18(19)13-20/h3-9,13,15-16H,10-12,14H2,1-2H3/t15-,16?/m1/s1. The van der Waals surface area contributed by atoms with Crippen molar-refractivity contribution in [3.8, 4) is 0 Å². The van der Waals surface area contributed by atoms with Crippen molar-refractivity contribution in [1.82, 2.24) is 0 Å². The van der Waals surface area contributed by atoms with Crippen molar-refractivity contribution in [3.05, 3.63) is 70.8 Å². The van der Waals surface area contributed by atoms with Gasteiger partial charge in [-0.15, -0.1) is 0 Å². The number of benzene rings is 2. The molecule has 2 heteroatoms. The summed E-state index contributed by atoms with van der Waals surface area (Å²) < 4.78 is 0. The van der Waals surface area contributed by atoms with E-state index < -0.39 is 0 Å². The fraction of sp³-hybridized carbons (Fsp3) is 0.364. The first-order valence-corrected chi connectivity index (χ1v) is 8.77. The molecular formula is C22H24O2. The normalized spacial score (nSPS) is 16.3. The van der Waals surface area contributed by atoms with Crippen LogP contribution < -0.4 is 0 Å². The second kappa shape index (κ2) is 7.12. The Hall–Kier alpha value is -2.22. The van der Waals surface area contributed by atoms with Crippen LogP contribution in [-0.4, -0.2) is 11.6 Å². The van der Waals surface area contributed by atoms with Crippen molar-refractivity contribution < 1.29 is 9.59 Å². The van der Waals surface area contributed by atoms with Crippen molar-refractivity contribution in [2.24, 2.45) is 5.92 Å². The average molecular weight is 320 g/mol. The van der Waals surface area contributed by atoms with Gasteiger partial charge >= 0.3 is 0 Å². The van der Waals surface area contributed by atoms with E-state index in [1.807, 2.05) is 43.3 Å². The second-order valence-corrected chi connectivity index (χ2v) is 7.01. The molecule has 0 fully saturated rings. The number of hydrogen-bond acceptors (Lipinski definition) is 2. The summed E-state index contributed by atoms with van der Waals surface area (Å²) in [5, 5.41) is 0. The number of carbonyl (C=O) groups is 2. The third kappa shape index (κ3) is 3.64. The molecule has 0 radical (unpaired) electrons. The van der Waals surface area contributed by atoms with Crippen LogP contribution in [0.15, 0.2) is 48.5 Å². The predicted octanol–water partition coefficient (Wildman–Crippen LogP) is 4.76. The fourth-order valence-corrected chi connectivity index (χ4v) is 3.60. The largest absolute Gasteiger partial charge is 0.299 e. The molecule has 0 aromatic heterocycles. The summed E-state index contributed by atoms with van der Waals surface area (Å²) in [7, 11) is 0. The van der Waals surface area contributed by atoms with Gasteiger partial charge in [-0.1, -0.05) is 56.3 Å². The zero-order valence-corrected chi connectivity index (χ0v) is 14.4. The Morgan fingerprint density at radius 1 is 1.00 bits per heavy atom. The average Bonchev–Trinajstić information content (AvgIpc) is 2.61. The lowest BCUT2D eigenvalue weighted by Crippen LogP contribution is -2.17. The highest BCUT2D eigenvalue weighted by Crippen LogP contribution is 2.27. The van der Waals surface area contributed by atoms with E-state index in [2.05, 4.69) is 19.1 Å². The highest BCUT2D eigenvalue weighted by Gasteiger charge is 2.21. The lowest BCUT2D eigenvalue weighted by Gasteiger charge is -2.19. The molecule has 1 aliphatic carbocycles. The molecule has 0 amide bonds. The molecule has 2 nitrogen and oxygen atoms in total. The lowest BCUT2D eigenvalue weighted by atomic mass is 9.84. The molecule has 0 saturated carbocycles. The molecule has 0 saturated heterocycles. The van der Waals surface area contributed by atoms with Gasteiger partial charge in [-0.25, -0.2) is 0 Å². The minimum Gasteiger partial charge on any atom is -0.299 e. The summed E-state index contributed by atoms with van der Waals surface area (Å²) in [4.78, 5) is 24.3. The van der Waals surface area contributed by atoms with Crippen LogP contribution in [0.25, 0.3) is 0 Å². The van der Waals surface area contributed by atoms with Crippen molar-refractivity contribution >= 4 is 11.6 Å². The minimum absolute atomic E-state index is 0.0107. The molecule has 0 heterocycles. The molecule has 0 N–H and O–H groups in total. The number of rotatable bonds is 5. The van der Waals surface area contributed by atoms with E-state index in [-0.39, 0.29) is 11.7 Å². The van der Waals surface area contributed by atoms with Crippen molar-refractivity contribution in [1.29, 1.82) is 0 Å². The van der Waals surface area contributed by atoms with Crippen LogP contribution in [0, 0.1) is 5.92 Å². The molecule has 2 aromatic carbocycles. The Kier molecular flexibility index (Phi) is 4.94. The fourth-order valence-electron chi connectivity index (χ4n) is 3.60. The van der Waals surface area contributed by atoms with Crippen LogP contribution in [0.1, 0.15) is 59.7 Å².